The Balaban J connectivity index is 1.89. The Morgan fingerprint density at radius 2 is 1.83 bits per heavy atom. The van der Waals surface area contributed by atoms with Crippen LogP contribution in [0, 0.1) is 0 Å². The van der Waals surface area contributed by atoms with Gasteiger partial charge in [-0.3, -0.25) is 9.80 Å². The predicted molar refractivity (Wildman–Crippen MR) is 135 cm³/mol. The minimum absolute atomic E-state index is 0.103. The maximum Gasteiger partial charge on any atom is 0.338 e. The number of urea groups is 2. The fourth-order valence-electron chi connectivity index (χ4n) is 4.10. The average molecular weight is 526 g/mol. The molecule has 0 saturated carbocycles. The van der Waals surface area contributed by atoms with E-state index >= 15 is 0 Å². The van der Waals surface area contributed by atoms with E-state index in [0.717, 1.165) is 0 Å². The van der Waals surface area contributed by atoms with Crippen LogP contribution in [-0.4, -0.2) is 84.6 Å². The molecule has 1 saturated heterocycles. The lowest BCUT2D eigenvalue weighted by Gasteiger charge is -2.40. The lowest BCUT2D eigenvalue weighted by molar-refractivity contribution is -0.139. The number of halogens is 2. The Morgan fingerprint density at radius 1 is 1.17 bits per heavy atom. The van der Waals surface area contributed by atoms with Gasteiger partial charge in [0.2, 0.25) is 0 Å². The second kappa shape index (κ2) is 11.1. The lowest BCUT2D eigenvalue weighted by atomic mass is 9.94. The van der Waals surface area contributed by atoms with E-state index in [1.807, 2.05) is 20.8 Å². The van der Waals surface area contributed by atoms with Gasteiger partial charge in [0.05, 0.1) is 28.3 Å². The molecule has 9 nitrogen and oxygen atoms in total. The highest BCUT2D eigenvalue weighted by atomic mass is 35.5. The molecule has 2 aliphatic heterocycles. The zero-order chi connectivity index (χ0) is 25.9. The molecule has 2 aliphatic rings. The monoisotopic (exact) mass is 525 g/mol. The summed E-state index contributed by atoms with van der Waals surface area (Å²) in [6, 6.07) is 3.82. The minimum Gasteiger partial charge on any atom is -0.463 e. The first-order valence-electron chi connectivity index (χ1n) is 11.6. The number of carbonyl (C=O) groups excluding carboxylic acids is 3. The molecule has 35 heavy (non-hydrogen) atoms. The van der Waals surface area contributed by atoms with E-state index in [-0.39, 0.29) is 29.2 Å². The molecule has 1 fully saturated rings. The van der Waals surface area contributed by atoms with Crippen LogP contribution in [0.2, 0.25) is 10.0 Å². The van der Waals surface area contributed by atoms with Gasteiger partial charge in [-0.1, -0.05) is 35.3 Å². The van der Waals surface area contributed by atoms with E-state index in [1.54, 1.807) is 37.1 Å². The summed E-state index contributed by atoms with van der Waals surface area (Å²) in [4.78, 5) is 43.9. The van der Waals surface area contributed by atoms with Gasteiger partial charge >= 0.3 is 18.0 Å². The minimum atomic E-state index is -0.808. The van der Waals surface area contributed by atoms with Crippen LogP contribution < -0.4 is 10.6 Å². The Labute approximate surface area is 216 Å². The zero-order valence-corrected chi connectivity index (χ0v) is 22.3. The summed E-state index contributed by atoms with van der Waals surface area (Å²) >= 11 is 12.7. The van der Waals surface area contributed by atoms with Crippen LogP contribution in [0.3, 0.4) is 0 Å². The van der Waals surface area contributed by atoms with Crippen LogP contribution in [0.5, 0.6) is 0 Å². The van der Waals surface area contributed by atoms with Gasteiger partial charge in [0, 0.05) is 51.0 Å². The summed E-state index contributed by atoms with van der Waals surface area (Å²) in [6.45, 7) is 10.3. The van der Waals surface area contributed by atoms with Gasteiger partial charge < -0.3 is 20.3 Å². The normalized spacial score (nSPS) is 19.5. The van der Waals surface area contributed by atoms with Crippen molar-refractivity contribution in [2.24, 2.45) is 0 Å². The van der Waals surface area contributed by atoms with Gasteiger partial charge in [-0.05, 0) is 39.3 Å². The van der Waals surface area contributed by atoms with Crippen LogP contribution >= 0.6 is 23.2 Å². The summed E-state index contributed by atoms with van der Waals surface area (Å²) in [5.74, 6) is -0.529. The fraction of sp³-hybridized carbons (Fsp3) is 0.542. The molecule has 0 spiro atoms. The molecule has 4 amide bonds. The van der Waals surface area contributed by atoms with Crippen molar-refractivity contribution >= 4 is 41.2 Å². The third-order valence-corrected chi connectivity index (χ3v) is 6.71. The number of likely N-dealkylation sites (N-methyl/N-ethyl adjacent to an activating group) is 1. The number of nitrogens with one attached hydrogen (secondary N) is 2. The second-order valence-electron chi connectivity index (χ2n) is 9.61. The number of carbonyl (C=O) groups is 3. The van der Waals surface area contributed by atoms with Crippen molar-refractivity contribution in [3.63, 3.8) is 0 Å². The van der Waals surface area contributed by atoms with Crippen molar-refractivity contribution in [2.45, 2.75) is 39.3 Å². The molecule has 3 rings (SSSR count). The summed E-state index contributed by atoms with van der Waals surface area (Å²) < 4.78 is 5.37. The maximum absolute atomic E-state index is 13.1. The molecule has 0 aliphatic carbocycles. The van der Waals surface area contributed by atoms with Crippen LogP contribution in [0.4, 0.5) is 9.59 Å². The first-order chi connectivity index (χ1) is 16.4. The molecule has 1 aromatic rings. The van der Waals surface area contributed by atoms with E-state index in [4.69, 9.17) is 27.9 Å². The highest BCUT2D eigenvalue weighted by Crippen LogP contribution is 2.37. The molecule has 2 N–H and O–H groups in total. The molecule has 1 aromatic carbocycles. The van der Waals surface area contributed by atoms with Crippen LogP contribution in [0.1, 0.15) is 39.3 Å². The van der Waals surface area contributed by atoms with Gasteiger partial charge in [0.25, 0.3) is 0 Å². The highest BCUT2D eigenvalue weighted by Gasteiger charge is 2.39. The third kappa shape index (κ3) is 6.39. The van der Waals surface area contributed by atoms with Gasteiger partial charge in [-0.2, -0.15) is 0 Å². The number of amides is 4. The summed E-state index contributed by atoms with van der Waals surface area (Å²) in [5.41, 5.74) is 1.04. The Morgan fingerprint density at radius 3 is 2.43 bits per heavy atom. The number of ether oxygens (including phenoxy) is 1. The van der Waals surface area contributed by atoms with Gasteiger partial charge in [0.1, 0.15) is 0 Å². The number of nitrogens with zero attached hydrogens (tertiary/aromatic N) is 3. The van der Waals surface area contributed by atoms with E-state index in [1.165, 1.54) is 4.90 Å². The molecule has 0 radical (unpaired) electrons. The fourth-order valence-corrected chi connectivity index (χ4v) is 4.51. The maximum atomic E-state index is 13.1. The smallest absolute Gasteiger partial charge is 0.338 e. The van der Waals surface area contributed by atoms with E-state index in [0.29, 0.717) is 54.6 Å². The second-order valence-corrected chi connectivity index (χ2v) is 10.4. The van der Waals surface area contributed by atoms with Crippen LogP contribution in [0.15, 0.2) is 29.5 Å². The SMILES string of the molecule is CCOC(=O)C1=C(CN2CCN(C(=O)NC(C)(C)C)CC2)N(C)C(=O)N[C@H]1c1cccc(Cl)c1Cl. The van der Waals surface area contributed by atoms with E-state index in [2.05, 4.69) is 15.5 Å². The molecular formula is C24H33Cl2N5O4. The number of hydrogen-bond acceptors (Lipinski definition) is 5. The van der Waals surface area contributed by atoms with Gasteiger partial charge in [-0.15, -0.1) is 0 Å². The topological polar surface area (TPSA) is 94.2 Å². The highest BCUT2D eigenvalue weighted by molar-refractivity contribution is 6.42. The third-order valence-electron chi connectivity index (χ3n) is 5.88. The number of rotatable bonds is 5. The molecule has 1 atom stereocenters. The lowest BCUT2D eigenvalue weighted by Crippen LogP contribution is -2.56. The Kier molecular flexibility index (Phi) is 8.56. The van der Waals surface area contributed by atoms with Crippen molar-refractivity contribution in [2.75, 3.05) is 46.4 Å². The average Bonchev–Trinajstić information content (AvgIpc) is 2.78. The molecule has 192 valence electrons. The zero-order valence-electron chi connectivity index (χ0n) is 20.8. The van der Waals surface area contributed by atoms with Crippen molar-refractivity contribution < 1.29 is 19.1 Å². The first-order valence-corrected chi connectivity index (χ1v) is 12.4. The largest absolute Gasteiger partial charge is 0.463 e. The Hall–Kier alpha value is -2.49. The van der Waals surface area contributed by atoms with Crippen molar-refractivity contribution in [1.82, 2.24) is 25.3 Å². The van der Waals surface area contributed by atoms with Crippen molar-refractivity contribution in [3.8, 4) is 0 Å². The standard InChI is InChI=1S/C24H33Cl2N5O4/c1-6-35-21(32)18-17(14-30-10-12-31(13-11-30)23(34)28-24(2,3)4)29(5)22(33)27-20(18)15-8-7-9-16(25)19(15)26/h7-9,20H,6,10-14H2,1-5H3,(H,27,33)(H,28,34)/t20-/m0/s1. The first kappa shape index (κ1) is 27.1. The van der Waals surface area contributed by atoms with Crippen molar-refractivity contribution in [3.05, 3.63) is 45.1 Å². The van der Waals surface area contributed by atoms with Gasteiger partial charge in [0.15, 0.2) is 0 Å². The molecular weight excluding hydrogens is 493 g/mol. The van der Waals surface area contributed by atoms with Crippen LogP contribution in [-0.2, 0) is 9.53 Å². The molecule has 11 heteroatoms. The molecule has 0 bridgehead atoms. The predicted octanol–water partition coefficient (Wildman–Crippen LogP) is 3.63. The molecule has 2 heterocycles. The number of piperazine rings is 1. The van der Waals surface area contributed by atoms with E-state index < -0.39 is 12.0 Å². The van der Waals surface area contributed by atoms with Gasteiger partial charge in [-0.25, -0.2) is 14.4 Å². The molecule has 0 unspecified atom stereocenters. The van der Waals surface area contributed by atoms with E-state index in [9.17, 15) is 14.4 Å². The van der Waals surface area contributed by atoms with Crippen LogP contribution in [0.25, 0.3) is 0 Å². The van der Waals surface area contributed by atoms with Crippen molar-refractivity contribution in [1.29, 1.82) is 0 Å². The quantitative estimate of drug-likeness (QED) is 0.572. The number of esters is 1. The number of hydrogen-bond donors (Lipinski definition) is 2. The Bertz CT molecular complexity index is 1020. The molecule has 0 aromatic heterocycles. The summed E-state index contributed by atoms with van der Waals surface area (Å²) in [5, 5.41) is 6.43. The number of benzene rings is 1. The summed E-state index contributed by atoms with van der Waals surface area (Å²) in [7, 11) is 1.62. The summed E-state index contributed by atoms with van der Waals surface area (Å²) in [6.07, 6.45) is 0.